The zero-order valence-electron chi connectivity index (χ0n) is 8.82. The molecule has 0 saturated heterocycles. The van der Waals surface area contributed by atoms with Crippen molar-refractivity contribution in [1.82, 2.24) is 0 Å². The number of benzene rings is 1. The van der Waals surface area contributed by atoms with Gasteiger partial charge < -0.3 is 10.6 Å². The average molecular weight is 220 g/mol. The topological polar surface area (TPSA) is 46.3 Å². The van der Waals surface area contributed by atoms with Crippen molar-refractivity contribution >= 4 is 11.6 Å². The lowest BCUT2D eigenvalue weighted by Gasteiger charge is -2.17. The third kappa shape index (κ3) is 1.50. The highest BCUT2D eigenvalue weighted by Crippen LogP contribution is 2.35. The second-order valence-electron chi connectivity index (χ2n) is 4.61. The second-order valence-corrected chi connectivity index (χ2v) is 4.61. The van der Waals surface area contributed by atoms with Crippen LogP contribution < -0.4 is 10.6 Å². The summed E-state index contributed by atoms with van der Waals surface area (Å²) in [5.41, 5.74) is 7.38. The Bertz CT molecular complexity index is 460. The van der Waals surface area contributed by atoms with Crippen LogP contribution in [0.4, 0.5) is 10.1 Å². The highest BCUT2D eigenvalue weighted by molar-refractivity contribution is 6.01. The number of nitrogens with two attached hydrogens (primary N) is 1. The van der Waals surface area contributed by atoms with Crippen LogP contribution in [0.25, 0.3) is 0 Å². The fraction of sp³-hybridized carbons (Fsp3) is 0.417. The van der Waals surface area contributed by atoms with E-state index in [1.165, 1.54) is 12.1 Å². The van der Waals surface area contributed by atoms with Gasteiger partial charge in [0.05, 0.1) is 6.42 Å². The number of carbonyl (C=O) groups is 1. The molecule has 1 heterocycles. The molecule has 1 aromatic carbocycles. The van der Waals surface area contributed by atoms with E-state index in [9.17, 15) is 9.18 Å². The van der Waals surface area contributed by atoms with E-state index >= 15 is 0 Å². The first kappa shape index (κ1) is 9.78. The zero-order valence-corrected chi connectivity index (χ0v) is 8.82. The molecule has 16 heavy (non-hydrogen) atoms. The van der Waals surface area contributed by atoms with Gasteiger partial charge in [-0.1, -0.05) is 0 Å². The van der Waals surface area contributed by atoms with E-state index < -0.39 is 0 Å². The molecule has 0 aromatic heterocycles. The quantitative estimate of drug-likeness (QED) is 0.810. The number of amides is 1. The lowest BCUT2D eigenvalue weighted by Crippen LogP contribution is -2.30. The van der Waals surface area contributed by atoms with Gasteiger partial charge >= 0.3 is 0 Å². The summed E-state index contributed by atoms with van der Waals surface area (Å²) in [5, 5.41) is 0. The summed E-state index contributed by atoms with van der Waals surface area (Å²) >= 11 is 0. The third-order valence-electron chi connectivity index (χ3n) is 3.37. The molecule has 1 saturated carbocycles. The van der Waals surface area contributed by atoms with E-state index in [1.54, 1.807) is 11.0 Å². The van der Waals surface area contributed by atoms with Gasteiger partial charge in [-0.2, -0.15) is 0 Å². The first-order chi connectivity index (χ1) is 7.65. The van der Waals surface area contributed by atoms with Crippen LogP contribution >= 0.6 is 0 Å². The largest absolute Gasteiger partial charge is 0.327 e. The number of carbonyl (C=O) groups excluding carboxylic acids is 1. The van der Waals surface area contributed by atoms with Gasteiger partial charge in [0, 0.05) is 18.3 Å². The summed E-state index contributed by atoms with van der Waals surface area (Å²) in [7, 11) is 0. The summed E-state index contributed by atoms with van der Waals surface area (Å²) in [4.78, 5) is 13.5. The fourth-order valence-electron chi connectivity index (χ4n) is 2.27. The Hall–Kier alpha value is -1.42. The van der Waals surface area contributed by atoms with Crippen molar-refractivity contribution in [1.29, 1.82) is 0 Å². The number of fused-ring (bicyclic) bond motifs is 1. The molecule has 4 heteroatoms. The number of halogens is 1. The predicted molar refractivity (Wildman–Crippen MR) is 58.5 cm³/mol. The molecule has 3 rings (SSSR count). The van der Waals surface area contributed by atoms with Crippen LogP contribution in [0.3, 0.4) is 0 Å². The summed E-state index contributed by atoms with van der Waals surface area (Å²) in [6, 6.07) is 4.76. The van der Waals surface area contributed by atoms with Crippen molar-refractivity contribution in [3.05, 3.63) is 29.6 Å². The monoisotopic (exact) mass is 220 g/mol. The molecule has 1 aliphatic heterocycles. The summed E-state index contributed by atoms with van der Waals surface area (Å²) < 4.78 is 13.0. The van der Waals surface area contributed by atoms with E-state index in [0.717, 1.165) is 17.7 Å². The molecule has 2 N–H and O–H groups in total. The maximum Gasteiger partial charge on any atom is 0.231 e. The van der Waals surface area contributed by atoms with Crippen molar-refractivity contribution in [2.24, 2.45) is 11.7 Å². The molecule has 84 valence electrons. The number of nitrogens with zero attached hydrogens (tertiary/aromatic N) is 1. The molecule has 3 nitrogen and oxygen atoms in total. The maximum absolute atomic E-state index is 13.0. The molecule has 2 atom stereocenters. The normalized spacial score (nSPS) is 27.1. The number of hydrogen-bond acceptors (Lipinski definition) is 2. The number of anilines is 1. The Balaban J connectivity index is 1.87. The Labute approximate surface area is 93.0 Å². The van der Waals surface area contributed by atoms with E-state index in [-0.39, 0.29) is 17.8 Å². The molecule has 0 bridgehead atoms. The maximum atomic E-state index is 13.0. The van der Waals surface area contributed by atoms with Gasteiger partial charge in [0.2, 0.25) is 5.91 Å². The van der Waals surface area contributed by atoms with Crippen LogP contribution in [0.5, 0.6) is 0 Å². The zero-order chi connectivity index (χ0) is 11.3. The van der Waals surface area contributed by atoms with Crippen molar-refractivity contribution in [2.45, 2.75) is 18.9 Å². The Morgan fingerprint density at radius 2 is 2.25 bits per heavy atom. The molecule has 1 aliphatic carbocycles. The van der Waals surface area contributed by atoms with Gasteiger partial charge in [-0.05, 0) is 36.1 Å². The summed E-state index contributed by atoms with van der Waals surface area (Å²) in [6.07, 6.45) is 1.30. The van der Waals surface area contributed by atoms with Gasteiger partial charge in [-0.3, -0.25) is 4.79 Å². The van der Waals surface area contributed by atoms with E-state index in [1.807, 2.05) is 0 Å². The Kier molecular flexibility index (Phi) is 2.01. The lowest BCUT2D eigenvalue weighted by atomic mass is 10.1. The van der Waals surface area contributed by atoms with Gasteiger partial charge in [-0.25, -0.2) is 4.39 Å². The van der Waals surface area contributed by atoms with Crippen molar-refractivity contribution in [3.8, 4) is 0 Å². The highest BCUT2D eigenvalue weighted by atomic mass is 19.1. The first-order valence-electron chi connectivity index (χ1n) is 5.49. The molecule has 0 radical (unpaired) electrons. The number of hydrogen-bond donors (Lipinski definition) is 1. The van der Waals surface area contributed by atoms with Gasteiger partial charge in [0.15, 0.2) is 0 Å². The van der Waals surface area contributed by atoms with Crippen LogP contribution in [0.2, 0.25) is 0 Å². The number of rotatable bonds is 2. The van der Waals surface area contributed by atoms with E-state index in [0.29, 0.717) is 18.9 Å². The molecule has 0 unspecified atom stereocenters. The van der Waals surface area contributed by atoms with Crippen molar-refractivity contribution in [3.63, 3.8) is 0 Å². The molecule has 1 fully saturated rings. The third-order valence-corrected chi connectivity index (χ3v) is 3.37. The van der Waals surface area contributed by atoms with Gasteiger partial charge in [0.25, 0.3) is 0 Å². The van der Waals surface area contributed by atoms with E-state index in [2.05, 4.69) is 0 Å². The van der Waals surface area contributed by atoms with Gasteiger partial charge in [0.1, 0.15) is 5.82 Å². The molecule has 1 aromatic rings. The minimum atomic E-state index is -0.281. The molecular formula is C12H13FN2O. The molecule has 0 spiro atoms. The van der Waals surface area contributed by atoms with Crippen LogP contribution in [-0.2, 0) is 11.2 Å². The lowest BCUT2D eigenvalue weighted by molar-refractivity contribution is -0.117. The summed E-state index contributed by atoms with van der Waals surface area (Å²) in [6.45, 7) is 0.679. The standard InChI is InChI=1S/C12H13FN2O/c13-9-1-2-11-7(3-9)5-12(16)15(11)6-8-4-10(8)14/h1-3,8,10H,4-6,14H2/t8-,10+/m0/s1. The minimum absolute atomic E-state index is 0.0553. The van der Waals surface area contributed by atoms with Crippen molar-refractivity contribution < 1.29 is 9.18 Å². The smallest absolute Gasteiger partial charge is 0.231 e. The Morgan fingerprint density at radius 1 is 1.50 bits per heavy atom. The van der Waals surface area contributed by atoms with Crippen molar-refractivity contribution in [2.75, 3.05) is 11.4 Å². The average Bonchev–Trinajstić information content (AvgIpc) is 2.82. The fourth-order valence-corrected chi connectivity index (χ4v) is 2.27. The van der Waals surface area contributed by atoms with Crippen LogP contribution in [-0.4, -0.2) is 18.5 Å². The van der Waals surface area contributed by atoms with Crippen LogP contribution in [0.15, 0.2) is 18.2 Å². The minimum Gasteiger partial charge on any atom is -0.327 e. The Morgan fingerprint density at radius 3 is 2.94 bits per heavy atom. The SMILES string of the molecule is N[C@@H]1C[C@H]1CN1C(=O)Cc2cc(F)ccc21. The summed E-state index contributed by atoms with van der Waals surface area (Å²) in [5.74, 6) is 0.191. The van der Waals surface area contributed by atoms with E-state index in [4.69, 9.17) is 5.73 Å². The second kappa shape index (κ2) is 3.28. The molecule has 2 aliphatic rings. The first-order valence-corrected chi connectivity index (χ1v) is 5.49. The van der Waals surface area contributed by atoms with Crippen LogP contribution in [0.1, 0.15) is 12.0 Å². The molecule has 1 amide bonds. The molecular weight excluding hydrogens is 207 g/mol. The van der Waals surface area contributed by atoms with Crippen LogP contribution in [0, 0.1) is 11.7 Å². The highest BCUT2D eigenvalue weighted by Gasteiger charge is 2.38. The van der Waals surface area contributed by atoms with Gasteiger partial charge in [-0.15, -0.1) is 0 Å². The predicted octanol–water partition coefficient (Wildman–Crippen LogP) is 1.06.